The monoisotopic (exact) mass is 345 g/mol. The number of benzene rings is 1. The minimum Gasteiger partial charge on any atom is -0.395 e. The van der Waals surface area contributed by atoms with E-state index in [4.69, 9.17) is 10.1 Å². The number of nitrogens with zero attached hydrogens (tertiary/aromatic N) is 4. The first-order chi connectivity index (χ1) is 12.8. The fourth-order valence-corrected chi connectivity index (χ4v) is 3.00. The van der Waals surface area contributed by atoms with Crippen molar-refractivity contribution in [1.29, 1.82) is 0 Å². The molecule has 0 aliphatic carbocycles. The average molecular weight is 345 g/mol. The van der Waals surface area contributed by atoms with Gasteiger partial charge < -0.3 is 10.4 Å². The van der Waals surface area contributed by atoms with E-state index in [2.05, 4.69) is 40.5 Å². The number of pyridine rings is 1. The van der Waals surface area contributed by atoms with E-state index in [0.29, 0.717) is 12.4 Å². The van der Waals surface area contributed by atoms with Crippen molar-refractivity contribution in [1.82, 2.24) is 19.6 Å². The summed E-state index contributed by atoms with van der Waals surface area (Å²) in [4.78, 5) is 9.12. The van der Waals surface area contributed by atoms with Gasteiger partial charge in [-0.2, -0.15) is 5.10 Å². The first-order valence-corrected chi connectivity index (χ1v) is 8.48. The summed E-state index contributed by atoms with van der Waals surface area (Å²) in [5, 5.41) is 16.6. The van der Waals surface area contributed by atoms with Gasteiger partial charge in [0.25, 0.3) is 0 Å². The number of rotatable bonds is 5. The van der Waals surface area contributed by atoms with Crippen LogP contribution in [0.1, 0.15) is 5.56 Å². The maximum absolute atomic E-state index is 9.03. The number of anilines is 1. The molecule has 4 rings (SSSR count). The van der Waals surface area contributed by atoms with Gasteiger partial charge in [-0.25, -0.2) is 14.5 Å². The highest BCUT2D eigenvalue weighted by Crippen LogP contribution is 2.33. The fraction of sp³-hybridized carbons (Fsp3) is 0.150. The van der Waals surface area contributed by atoms with Crippen molar-refractivity contribution in [2.75, 3.05) is 18.5 Å². The molecule has 0 saturated heterocycles. The summed E-state index contributed by atoms with van der Waals surface area (Å²) >= 11 is 0. The molecule has 0 amide bonds. The molecule has 0 bridgehead atoms. The lowest BCUT2D eigenvalue weighted by molar-refractivity contribution is 0.311. The van der Waals surface area contributed by atoms with Crippen molar-refractivity contribution in [3.05, 3.63) is 66.5 Å². The van der Waals surface area contributed by atoms with Crippen molar-refractivity contribution in [2.24, 2.45) is 0 Å². The Kier molecular flexibility index (Phi) is 4.33. The lowest BCUT2D eigenvalue weighted by Gasteiger charge is -2.08. The Morgan fingerprint density at radius 1 is 1.04 bits per heavy atom. The summed E-state index contributed by atoms with van der Waals surface area (Å²) in [7, 11) is 0. The molecule has 2 N–H and O–H groups in total. The zero-order valence-electron chi connectivity index (χ0n) is 14.4. The topological polar surface area (TPSA) is 75.3 Å². The van der Waals surface area contributed by atoms with Crippen LogP contribution < -0.4 is 5.32 Å². The van der Waals surface area contributed by atoms with Crippen LogP contribution in [0.25, 0.3) is 28.2 Å². The molecule has 0 radical (unpaired) electrons. The summed E-state index contributed by atoms with van der Waals surface area (Å²) in [5.41, 5.74) is 5.78. The molecule has 3 aromatic heterocycles. The first-order valence-electron chi connectivity index (χ1n) is 8.48. The van der Waals surface area contributed by atoms with E-state index in [1.165, 1.54) is 5.56 Å². The number of hydrogen-bond donors (Lipinski definition) is 2. The Balaban J connectivity index is 1.92. The number of fused-ring (bicyclic) bond motifs is 1. The number of hydrogen-bond acceptors (Lipinski definition) is 5. The van der Waals surface area contributed by atoms with Crippen molar-refractivity contribution >= 4 is 11.5 Å². The van der Waals surface area contributed by atoms with Gasteiger partial charge in [0.05, 0.1) is 12.3 Å². The standard InChI is InChI=1S/C20H19N5O/c1-14-4-2-5-15(12-14)19-20(25-18(24-19)6-3-8-23-25)16-7-9-21-17(13-16)22-10-11-26/h2-9,12-13,26H,10-11H2,1H3,(H,21,22). The van der Waals surface area contributed by atoms with Crippen LogP contribution in [-0.2, 0) is 0 Å². The zero-order chi connectivity index (χ0) is 17.9. The predicted molar refractivity (Wildman–Crippen MR) is 102 cm³/mol. The fourth-order valence-electron chi connectivity index (χ4n) is 3.00. The minimum absolute atomic E-state index is 0.0532. The summed E-state index contributed by atoms with van der Waals surface area (Å²) in [5.74, 6) is 0.706. The van der Waals surface area contributed by atoms with Crippen LogP contribution in [-0.4, -0.2) is 37.8 Å². The molecule has 4 aromatic rings. The van der Waals surface area contributed by atoms with Crippen LogP contribution in [0.4, 0.5) is 5.82 Å². The molecule has 0 spiro atoms. The third-order valence-electron chi connectivity index (χ3n) is 4.14. The van der Waals surface area contributed by atoms with Crippen molar-refractivity contribution in [3.8, 4) is 22.5 Å². The number of aliphatic hydroxyl groups excluding tert-OH is 1. The third-order valence-corrected chi connectivity index (χ3v) is 4.14. The molecule has 6 nitrogen and oxygen atoms in total. The molecule has 0 atom stereocenters. The van der Waals surface area contributed by atoms with Gasteiger partial charge in [0.2, 0.25) is 0 Å². The predicted octanol–water partition coefficient (Wildman–Crippen LogP) is 3.17. The quantitative estimate of drug-likeness (QED) is 0.581. The highest BCUT2D eigenvalue weighted by atomic mass is 16.3. The van der Waals surface area contributed by atoms with Gasteiger partial charge in [-0.05, 0) is 37.3 Å². The van der Waals surface area contributed by atoms with Crippen LogP contribution in [0, 0.1) is 6.92 Å². The Bertz CT molecular complexity index is 1060. The van der Waals surface area contributed by atoms with Crippen LogP contribution >= 0.6 is 0 Å². The summed E-state index contributed by atoms with van der Waals surface area (Å²) in [6.07, 6.45) is 3.50. The van der Waals surface area contributed by atoms with Gasteiger partial charge in [-0.3, -0.25) is 0 Å². The summed E-state index contributed by atoms with van der Waals surface area (Å²) in [6.45, 7) is 2.57. The van der Waals surface area contributed by atoms with Crippen LogP contribution in [0.15, 0.2) is 60.9 Å². The van der Waals surface area contributed by atoms with E-state index < -0.39 is 0 Å². The summed E-state index contributed by atoms with van der Waals surface area (Å²) < 4.78 is 1.85. The van der Waals surface area contributed by atoms with E-state index in [9.17, 15) is 0 Å². The van der Waals surface area contributed by atoms with Crippen molar-refractivity contribution < 1.29 is 5.11 Å². The van der Waals surface area contributed by atoms with Crippen molar-refractivity contribution in [3.63, 3.8) is 0 Å². The molecule has 0 saturated carbocycles. The largest absolute Gasteiger partial charge is 0.395 e. The molecule has 26 heavy (non-hydrogen) atoms. The molecular formula is C20H19N5O. The summed E-state index contributed by atoms with van der Waals surface area (Å²) in [6, 6.07) is 16.0. The second-order valence-electron chi connectivity index (χ2n) is 6.05. The molecule has 3 heterocycles. The van der Waals surface area contributed by atoms with E-state index in [1.54, 1.807) is 12.4 Å². The highest BCUT2D eigenvalue weighted by Gasteiger charge is 2.17. The maximum atomic E-state index is 9.03. The van der Waals surface area contributed by atoms with Gasteiger partial charge in [0, 0.05) is 30.1 Å². The molecule has 6 heteroatoms. The number of aryl methyl sites for hydroxylation is 1. The maximum Gasteiger partial charge on any atom is 0.154 e. The second-order valence-corrected chi connectivity index (χ2v) is 6.05. The minimum atomic E-state index is 0.0532. The Labute approximate surface area is 151 Å². The van der Waals surface area contributed by atoms with E-state index in [-0.39, 0.29) is 6.61 Å². The normalized spacial score (nSPS) is 11.0. The molecule has 1 aromatic carbocycles. The molecule has 0 aliphatic rings. The first kappa shape index (κ1) is 16.2. The number of aliphatic hydroxyl groups is 1. The molecule has 0 fully saturated rings. The van der Waals surface area contributed by atoms with Gasteiger partial charge in [0.15, 0.2) is 5.65 Å². The van der Waals surface area contributed by atoms with Gasteiger partial charge >= 0.3 is 0 Å². The van der Waals surface area contributed by atoms with Crippen LogP contribution in [0.5, 0.6) is 0 Å². The van der Waals surface area contributed by atoms with E-state index in [1.807, 2.05) is 34.8 Å². The lowest BCUT2D eigenvalue weighted by atomic mass is 10.0. The number of imidazole rings is 1. The van der Waals surface area contributed by atoms with Crippen LogP contribution in [0.3, 0.4) is 0 Å². The van der Waals surface area contributed by atoms with Gasteiger partial charge in [-0.1, -0.05) is 23.8 Å². The van der Waals surface area contributed by atoms with Crippen molar-refractivity contribution in [2.45, 2.75) is 6.92 Å². The van der Waals surface area contributed by atoms with E-state index >= 15 is 0 Å². The third kappa shape index (κ3) is 3.02. The highest BCUT2D eigenvalue weighted by molar-refractivity contribution is 5.82. The molecule has 0 aliphatic heterocycles. The number of aromatic nitrogens is 4. The Hall–Kier alpha value is -3.25. The second kappa shape index (κ2) is 6.93. The molecular weight excluding hydrogens is 326 g/mol. The smallest absolute Gasteiger partial charge is 0.154 e. The molecule has 130 valence electrons. The van der Waals surface area contributed by atoms with E-state index in [0.717, 1.165) is 28.2 Å². The van der Waals surface area contributed by atoms with Crippen LogP contribution in [0.2, 0.25) is 0 Å². The number of nitrogens with one attached hydrogen (secondary N) is 1. The lowest BCUT2D eigenvalue weighted by Crippen LogP contribution is -2.06. The molecule has 0 unspecified atom stereocenters. The SMILES string of the molecule is Cc1cccc(-c2nc3cccnn3c2-c2ccnc(NCCO)c2)c1. The van der Waals surface area contributed by atoms with Gasteiger partial charge in [0.1, 0.15) is 11.5 Å². The Morgan fingerprint density at radius 3 is 2.81 bits per heavy atom. The zero-order valence-corrected chi connectivity index (χ0v) is 14.4. The Morgan fingerprint density at radius 2 is 1.96 bits per heavy atom. The van der Waals surface area contributed by atoms with Gasteiger partial charge in [-0.15, -0.1) is 0 Å². The average Bonchev–Trinajstić information content (AvgIpc) is 3.06.